The van der Waals surface area contributed by atoms with E-state index in [4.69, 9.17) is 11.6 Å². The highest BCUT2D eigenvalue weighted by Crippen LogP contribution is 2.11. The molecular formula is C34H52BrN5OS. The third-order valence-corrected chi connectivity index (χ3v) is 7.04. The molecule has 0 aliphatic carbocycles. The second-order valence-electron chi connectivity index (χ2n) is 9.02. The van der Waals surface area contributed by atoms with Crippen LogP contribution in [0.25, 0.3) is 11.1 Å². The highest BCUT2D eigenvalue weighted by atomic mass is 79.9. The smallest absolute Gasteiger partial charge is 0.224 e. The number of hydrazine groups is 1. The topological polar surface area (TPSA) is 106 Å². The number of hydrogen-bond donors (Lipinski definition) is 4. The quantitative estimate of drug-likeness (QED) is 0.0570. The first-order valence-corrected chi connectivity index (χ1v) is 16.0. The number of amides is 1. The maximum Gasteiger partial charge on any atom is 0.224 e. The summed E-state index contributed by atoms with van der Waals surface area (Å²) >= 11 is 5.19. The van der Waals surface area contributed by atoms with Crippen LogP contribution in [0.2, 0.25) is 0 Å². The molecule has 6 nitrogen and oxygen atoms in total. The van der Waals surface area contributed by atoms with Gasteiger partial charge in [0.15, 0.2) is 0 Å². The van der Waals surface area contributed by atoms with Crippen LogP contribution < -0.4 is 32.2 Å². The van der Waals surface area contributed by atoms with Crippen molar-refractivity contribution < 1.29 is 4.79 Å². The average Bonchev–Trinajstić information content (AvgIpc) is 3.36. The molecular weight excluding hydrogens is 606 g/mol. The summed E-state index contributed by atoms with van der Waals surface area (Å²) in [4.78, 5) is 13.9. The Morgan fingerprint density at radius 2 is 1.88 bits per heavy atom. The van der Waals surface area contributed by atoms with E-state index in [-0.39, 0.29) is 24.7 Å². The first kappa shape index (κ1) is 40.9. The minimum Gasteiger partial charge on any atom is -0.384 e. The van der Waals surface area contributed by atoms with Crippen LogP contribution in [0.5, 0.6) is 0 Å². The molecule has 0 unspecified atom stereocenters. The molecule has 1 rings (SSSR count). The van der Waals surface area contributed by atoms with Crippen LogP contribution in [-0.2, 0) is 11.2 Å². The van der Waals surface area contributed by atoms with E-state index < -0.39 is 0 Å². The number of nitrogens with zero attached hydrogens (tertiary/aromatic N) is 1. The maximum atomic E-state index is 11.9. The van der Waals surface area contributed by atoms with Gasteiger partial charge >= 0.3 is 0 Å². The minimum absolute atomic E-state index is 0.141. The van der Waals surface area contributed by atoms with Crippen molar-refractivity contribution in [3.8, 4) is 0 Å². The summed E-state index contributed by atoms with van der Waals surface area (Å²) < 4.78 is 1.21. The van der Waals surface area contributed by atoms with Crippen LogP contribution in [-0.4, -0.2) is 18.3 Å². The summed E-state index contributed by atoms with van der Waals surface area (Å²) in [6.07, 6.45) is 24.2. The number of halogens is 1. The Labute approximate surface area is 266 Å². The average molecular weight is 659 g/mol. The summed E-state index contributed by atoms with van der Waals surface area (Å²) in [7, 11) is 0. The largest absolute Gasteiger partial charge is 0.384 e. The zero-order valence-electron chi connectivity index (χ0n) is 26.4. The van der Waals surface area contributed by atoms with Crippen molar-refractivity contribution in [1.82, 2.24) is 10.9 Å². The number of allylic oxidation sites excluding steroid dienone is 11. The molecule has 0 saturated carbocycles. The SMILES string of the molecule is C=C(/C=C\C=C/C)CC.C=C/C=C(\C=C/CC(=O)NC/C(N)=N/NN)CCc1csc(=C\Br)/c1=C\C(C)=C/C.CCC. The van der Waals surface area contributed by atoms with Gasteiger partial charge in [-0.05, 0) is 66.8 Å². The number of aryl methyl sites for hydroxylation is 1. The standard InChI is InChI=1S/C22H30BrN5OS.C9H14.C3H8/c1-4-7-17(8-6-9-22(29)26-14-21(24)27-28-25)10-11-18-15-30-20(13-23)19(18)12-16(3)5-2;1-4-6-7-8-9(3)5-2;1-3-2/h4-8,12-13,15,28H,1,9-11,14,25H2,2-3H3,(H2,24,27)(H,26,29);4,6-8H,3,5H2,1-2H3;3H2,1-2H3/b8-6-,16-5-,17-7+,19-12-,20-13-;6-4-,8-7-;. The summed E-state index contributed by atoms with van der Waals surface area (Å²) in [5.74, 6) is 5.10. The fourth-order valence-electron chi connectivity index (χ4n) is 2.95. The molecule has 42 heavy (non-hydrogen) atoms. The molecule has 1 heterocycles. The summed E-state index contributed by atoms with van der Waals surface area (Å²) in [5.41, 5.74) is 12.4. The normalized spacial score (nSPS) is 13.2. The van der Waals surface area contributed by atoms with Gasteiger partial charge < -0.3 is 11.1 Å². The van der Waals surface area contributed by atoms with E-state index in [1.165, 1.54) is 32.9 Å². The first-order chi connectivity index (χ1) is 20.2. The van der Waals surface area contributed by atoms with Gasteiger partial charge in [-0.1, -0.05) is 128 Å². The Morgan fingerprint density at radius 1 is 1.19 bits per heavy atom. The van der Waals surface area contributed by atoms with Crippen LogP contribution in [0.3, 0.4) is 0 Å². The molecule has 0 spiro atoms. The Balaban J connectivity index is 0. The van der Waals surface area contributed by atoms with Crippen molar-refractivity contribution in [2.75, 3.05) is 6.54 Å². The number of thiophene rings is 1. The molecule has 8 heteroatoms. The van der Waals surface area contributed by atoms with Gasteiger partial charge in [0.05, 0.1) is 6.54 Å². The summed E-state index contributed by atoms with van der Waals surface area (Å²) in [6, 6.07) is 0. The van der Waals surface area contributed by atoms with E-state index in [1.54, 1.807) is 17.4 Å². The van der Waals surface area contributed by atoms with Gasteiger partial charge in [-0.2, -0.15) is 5.10 Å². The molecule has 1 aromatic rings. The molecule has 1 amide bonds. The van der Waals surface area contributed by atoms with Crippen LogP contribution >= 0.6 is 27.3 Å². The molecule has 0 aromatic carbocycles. The van der Waals surface area contributed by atoms with Gasteiger partial charge in [0, 0.05) is 11.0 Å². The molecule has 232 valence electrons. The van der Waals surface area contributed by atoms with Crippen molar-refractivity contribution in [2.24, 2.45) is 16.7 Å². The monoisotopic (exact) mass is 657 g/mol. The first-order valence-electron chi connectivity index (χ1n) is 14.2. The lowest BCUT2D eigenvalue weighted by atomic mass is 10.0. The Hall–Kier alpha value is -3.20. The maximum absolute atomic E-state index is 11.9. The molecule has 0 atom stereocenters. The van der Waals surface area contributed by atoms with Gasteiger partial charge in [0.2, 0.25) is 5.91 Å². The van der Waals surface area contributed by atoms with Crippen molar-refractivity contribution in [3.05, 3.63) is 105 Å². The molecule has 0 aliphatic heterocycles. The van der Waals surface area contributed by atoms with Crippen molar-refractivity contribution >= 4 is 50.1 Å². The van der Waals surface area contributed by atoms with Crippen LogP contribution in [0, 0.1) is 0 Å². The number of carbonyl (C=O) groups is 1. The zero-order valence-corrected chi connectivity index (χ0v) is 28.8. The number of carbonyl (C=O) groups excluding carboxylic acids is 1. The molecule has 0 radical (unpaired) electrons. The van der Waals surface area contributed by atoms with E-state index in [2.05, 4.69) is 90.3 Å². The molecule has 0 bridgehead atoms. The number of nitrogens with two attached hydrogens (primary N) is 2. The Morgan fingerprint density at radius 3 is 2.43 bits per heavy atom. The predicted molar refractivity (Wildman–Crippen MR) is 193 cm³/mol. The second kappa shape index (κ2) is 27.9. The zero-order chi connectivity index (χ0) is 32.2. The molecule has 0 aliphatic rings. The fourth-order valence-corrected chi connectivity index (χ4v) is 4.40. The van der Waals surface area contributed by atoms with Gasteiger partial charge in [0.25, 0.3) is 0 Å². The van der Waals surface area contributed by atoms with Crippen molar-refractivity contribution in [1.29, 1.82) is 0 Å². The minimum atomic E-state index is -0.145. The summed E-state index contributed by atoms with van der Waals surface area (Å²) in [6.45, 7) is 20.2. The second-order valence-corrected chi connectivity index (χ2v) is 10.4. The number of hydrazone groups is 1. The van der Waals surface area contributed by atoms with E-state index in [0.29, 0.717) is 0 Å². The molecule has 0 saturated heterocycles. The highest BCUT2D eigenvalue weighted by Gasteiger charge is 2.03. The highest BCUT2D eigenvalue weighted by molar-refractivity contribution is 9.14. The van der Waals surface area contributed by atoms with Crippen LogP contribution in [0.15, 0.2) is 95.0 Å². The van der Waals surface area contributed by atoms with Gasteiger partial charge in [-0.3, -0.25) is 4.79 Å². The van der Waals surface area contributed by atoms with E-state index in [1.807, 2.05) is 61.4 Å². The number of amidine groups is 1. The van der Waals surface area contributed by atoms with E-state index >= 15 is 0 Å². The predicted octanol–water partition coefficient (Wildman–Crippen LogP) is 6.97. The molecule has 0 fully saturated rings. The van der Waals surface area contributed by atoms with Gasteiger partial charge in [0.1, 0.15) is 5.84 Å². The van der Waals surface area contributed by atoms with Gasteiger partial charge in [-0.15, -0.1) is 11.3 Å². The lowest BCUT2D eigenvalue weighted by Crippen LogP contribution is -2.35. The van der Waals surface area contributed by atoms with E-state index in [0.717, 1.165) is 24.8 Å². The fraction of sp³-hybridized carbons (Fsp3) is 0.353. The number of rotatable bonds is 14. The van der Waals surface area contributed by atoms with Crippen LogP contribution in [0.4, 0.5) is 0 Å². The lowest BCUT2D eigenvalue weighted by Gasteiger charge is -2.04. The third-order valence-electron chi connectivity index (χ3n) is 5.28. The number of hydrogen-bond acceptors (Lipinski definition) is 5. The molecule has 1 aromatic heterocycles. The van der Waals surface area contributed by atoms with Crippen LogP contribution in [0.1, 0.15) is 72.8 Å². The Kier molecular flexibility index (Phi) is 27.2. The summed E-state index contributed by atoms with van der Waals surface area (Å²) in [5, 5.41) is 9.70. The van der Waals surface area contributed by atoms with Crippen molar-refractivity contribution in [3.63, 3.8) is 0 Å². The molecule has 6 N–H and O–H groups in total. The third kappa shape index (κ3) is 21.5. The van der Waals surface area contributed by atoms with Gasteiger partial charge in [-0.25, -0.2) is 11.4 Å². The number of nitrogens with one attached hydrogen (secondary N) is 2. The van der Waals surface area contributed by atoms with E-state index in [9.17, 15) is 4.79 Å². The lowest BCUT2D eigenvalue weighted by molar-refractivity contribution is -0.119. The van der Waals surface area contributed by atoms with Crippen molar-refractivity contribution in [2.45, 2.75) is 73.6 Å². The Bertz CT molecular complexity index is 1230.